The quantitative estimate of drug-likeness (QED) is 0.166. The zero-order valence-corrected chi connectivity index (χ0v) is 31.9. The number of fused-ring (bicyclic) bond motifs is 3. The number of rotatable bonds is 4. The summed E-state index contributed by atoms with van der Waals surface area (Å²) in [6.07, 6.45) is 15.0. The van der Waals surface area contributed by atoms with Crippen molar-refractivity contribution >= 4 is 39.2 Å². The number of para-hydroxylation sites is 1. The monoisotopic (exact) mass is 847 g/mol. The Balaban J connectivity index is 0.000000144. The van der Waals surface area contributed by atoms with Crippen LogP contribution in [0.5, 0.6) is 0 Å². The number of nitrogens with zero attached hydrogens (tertiary/aromatic N) is 4. The first-order valence-corrected chi connectivity index (χ1v) is 18.3. The molecule has 0 spiro atoms. The van der Waals surface area contributed by atoms with E-state index in [0.29, 0.717) is 17.5 Å². The van der Waals surface area contributed by atoms with Gasteiger partial charge in [0.25, 0.3) is 0 Å². The fourth-order valence-electron chi connectivity index (χ4n) is 8.86. The van der Waals surface area contributed by atoms with Crippen LogP contribution in [0.25, 0.3) is 61.8 Å². The molecule has 0 N–H and O–H groups in total. The minimum atomic E-state index is -0.0584. The first kappa shape index (κ1) is 33.7. The van der Waals surface area contributed by atoms with Gasteiger partial charge in [0.1, 0.15) is 0 Å². The summed E-state index contributed by atoms with van der Waals surface area (Å²) in [7, 11) is 0. The summed E-state index contributed by atoms with van der Waals surface area (Å²) in [6, 6.07) is 33.9. The zero-order chi connectivity index (χ0) is 33.8. The van der Waals surface area contributed by atoms with Crippen LogP contribution in [0.4, 0.5) is 0 Å². The van der Waals surface area contributed by atoms with E-state index in [4.69, 9.17) is 9.40 Å². The van der Waals surface area contributed by atoms with Crippen LogP contribution in [-0.4, -0.2) is 19.5 Å². The van der Waals surface area contributed by atoms with Crippen LogP contribution in [0.1, 0.15) is 88.0 Å². The van der Waals surface area contributed by atoms with E-state index in [1.165, 1.54) is 68.0 Å². The molecule has 0 amide bonds. The molecule has 259 valence electrons. The van der Waals surface area contributed by atoms with Crippen molar-refractivity contribution in [3.05, 3.63) is 120 Å². The largest absolute Gasteiger partial charge is 0.486 e. The Morgan fingerprint density at radius 3 is 2.39 bits per heavy atom. The van der Waals surface area contributed by atoms with Gasteiger partial charge in [-0.05, 0) is 99.4 Å². The van der Waals surface area contributed by atoms with Crippen molar-refractivity contribution in [1.82, 2.24) is 19.5 Å². The number of allylic oxidation sites excluding steroid dienone is 1. The summed E-state index contributed by atoms with van der Waals surface area (Å²) in [5.41, 5.74) is 12.0. The average molecular weight is 847 g/mol. The van der Waals surface area contributed by atoms with Crippen molar-refractivity contribution in [2.75, 3.05) is 0 Å². The van der Waals surface area contributed by atoms with Crippen molar-refractivity contribution in [3.8, 4) is 22.6 Å². The molecule has 1 aliphatic heterocycles. The molecule has 2 aliphatic carbocycles. The molecule has 5 heterocycles. The summed E-state index contributed by atoms with van der Waals surface area (Å²) in [5, 5.41) is 2.12. The number of furan rings is 1. The second-order valence-electron chi connectivity index (χ2n) is 14.9. The third-order valence-electron chi connectivity index (χ3n) is 11.3. The Labute approximate surface area is 313 Å². The van der Waals surface area contributed by atoms with Gasteiger partial charge in [-0.1, -0.05) is 66.5 Å². The van der Waals surface area contributed by atoms with E-state index in [0.717, 1.165) is 50.2 Å². The first-order chi connectivity index (χ1) is 24.5. The minimum Gasteiger partial charge on any atom is -0.486 e. The predicted molar refractivity (Wildman–Crippen MR) is 203 cm³/mol. The Morgan fingerprint density at radius 2 is 1.61 bits per heavy atom. The van der Waals surface area contributed by atoms with Gasteiger partial charge < -0.3 is 14.0 Å². The molecule has 3 aliphatic rings. The summed E-state index contributed by atoms with van der Waals surface area (Å²) in [4.78, 5) is 14.1. The van der Waals surface area contributed by atoms with Crippen molar-refractivity contribution in [1.29, 1.82) is 0 Å². The second-order valence-corrected chi connectivity index (χ2v) is 14.9. The molecule has 0 unspecified atom stereocenters. The average Bonchev–Trinajstić information content (AvgIpc) is 3.97. The fraction of sp³-hybridized carbons (Fsp3) is 0.311. The summed E-state index contributed by atoms with van der Waals surface area (Å²) < 4.78 is 8.57. The van der Waals surface area contributed by atoms with Crippen molar-refractivity contribution in [2.45, 2.75) is 83.6 Å². The van der Waals surface area contributed by atoms with E-state index in [1.807, 2.05) is 43.5 Å². The molecule has 6 heteroatoms. The van der Waals surface area contributed by atoms with Crippen molar-refractivity contribution < 1.29 is 24.5 Å². The van der Waals surface area contributed by atoms with Gasteiger partial charge in [0.05, 0.1) is 28.0 Å². The van der Waals surface area contributed by atoms with Gasteiger partial charge in [-0.25, -0.2) is 4.98 Å². The molecular weight excluding hydrogens is 805 g/mol. The van der Waals surface area contributed by atoms with Gasteiger partial charge in [0, 0.05) is 37.4 Å². The standard InChI is InChI=1S/C23H23N2.C22H19N2O.Ir/c1-23(2)19(16-9-6-7-10-16)15-18-13-8-14-20-21(18)25(23)22(24-20)17-11-4-3-5-12-17;1-14-9-10-18-17-7-4-8-19(21(17)25-22(18)24-14)20-13-16(11-12-23-20)15-5-2-3-6-15;/h3-5,8,11,13-16H,6-7,9-10H2,1-2H3;4,7,9-13,15H,2-3,5-6H2,1H3;/q2*-1;. The van der Waals surface area contributed by atoms with Crippen LogP contribution in [0.15, 0.2) is 95.0 Å². The van der Waals surface area contributed by atoms with Gasteiger partial charge >= 0.3 is 0 Å². The number of hydrogen-bond donors (Lipinski definition) is 0. The Morgan fingerprint density at radius 1 is 0.804 bits per heavy atom. The van der Waals surface area contributed by atoms with Crippen molar-refractivity contribution in [2.24, 2.45) is 5.92 Å². The molecule has 51 heavy (non-hydrogen) atoms. The number of pyridine rings is 2. The van der Waals surface area contributed by atoms with E-state index in [2.05, 4.69) is 95.1 Å². The molecule has 2 fully saturated rings. The van der Waals surface area contributed by atoms with Crippen LogP contribution in [0.2, 0.25) is 0 Å². The molecule has 2 saturated carbocycles. The number of benzene rings is 3. The molecule has 0 bridgehead atoms. The van der Waals surface area contributed by atoms with E-state index in [-0.39, 0.29) is 25.6 Å². The molecule has 1 radical (unpaired) electrons. The number of aromatic nitrogens is 4. The van der Waals surface area contributed by atoms with Crippen LogP contribution < -0.4 is 0 Å². The maximum absolute atomic E-state index is 6.10. The molecule has 0 saturated heterocycles. The molecule has 10 rings (SSSR count). The van der Waals surface area contributed by atoms with Gasteiger partial charge in [-0.3, -0.25) is 4.98 Å². The normalized spacial score (nSPS) is 17.0. The molecule has 0 atom stereocenters. The maximum Gasteiger partial charge on any atom is 0.216 e. The van der Waals surface area contributed by atoms with Gasteiger partial charge in [-0.15, -0.1) is 54.1 Å². The SMILES string of the molecule is CC1(C)C(C2CCCC2)=Cc2cccc3nc(-c4[c-]cccc4)n1c23.Cc1ccc2c(n1)oc1c(-c3cc(C4CCCC4)ccn3)[c-]ccc12.[Ir]. The third kappa shape index (κ3) is 5.97. The minimum absolute atomic E-state index is 0. The molecule has 3 aromatic carbocycles. The molecular formula is C45H42IrN4O-2. The molecule has 7 aromatic rings. The van der Waals surface area contributed by atoms with Crippen LogP contribution >= 0.6 is 0 Å². The van der Waals surface area contributed by atoms with Gasteiger partial charge in [-0.2, -0.15) is 0 Å². The molecule has 4 aromatic heterocycles. The van der Waals surface area contributed by atoms with E-state index < -0.39 is 0 Å². The van der Waals surface area contributed by atoms with Crippen LogP contribution in [-0.2, 0) is 25.6 Å². The van der Waals surface area contributed by atoms with E-state index in [1.54, 1.807) is 5.57 Å². The van der Waals surface area contributed by atoms with E-state index >= 15 is 0 Å². The van der Waals surface area contributed by atoms with Crippen LogP contribution in [0, 0.1) is 25.0 Å². The topological polar surface area (TPSA) is 56.7 Å². The summed E-state index contributed by atoms with van der Waals surface area (Å²) >= 11 is 0. The number of aryl methyl sites for hydroxylation is 1. The fourth-order valence-corrected chi connectivity index (χ4v) is 8.86. The zero-order valence-electron chi connectivity index (χ0n) is 29.5. The number of hydrogen-bond acceptors (Lipinski definition) is 4. The van der Waals surface area contributed by atoms with Crippen LogP contribution in [0.3, 0.4) is 0 Å². The second kappa shape index (κ2) is 13.6. The summed E-state index contributed by atoms with van der Waals surface area (Å²) in [5.74, 6) is 2.41. The smallest absolute Gasteiger partial charge is 0.216 e. The Kier molecular flexibility index (Phi) is 9.02. The number of imidazole rings is 1. The maximum atomic E-state index is 6.10. The van der Waals surface area contributed by atoms with Crippen molar-refractivity contribution in [3.63, 3.8) is 0 Å². The third-order valence-corrected chi connectivity index (χ3v) is 11.3. The van der Waals surface area contributed by atoms with E-state index in [9.17, 15) is 0 Å². The predicted octanol–water partition coefficient (Wildman–Crippen LogP) is 11.6. The Bertz CT molecular complexity index is 2390. The molecule has 5 nitrogen and oxygen atoms in total. The van der Waals surface area contributed by atoms with Gasteiger partial charge in [0.15, 0.2) is 0 Å². The summed E-state index contributed by atoms with van der Waals surface area (Å²) in [6.45, 7) is 6.70. The van der Waals surface area contributed by atoms with Gasteiger partial charge in [0.2, 0.25) is 5.71 Å². The Hall–Kier alpha value is -4.38. The first-order valence-electron chi connectivity index (χ1n) is 18.3.